The van der Waals surface area contributed by atoms with Crippen LogP contribution in [0, 0.1) is 5.92 Å². The van der Waals surface area contributed by atoms with Crippen LogP contribution in [0.2, 0.25) is 0 Å². The zero-order valence-corrected chi connectivity index (χ0v) is 12.0. The summed E-state index contributed by atoms with van der Waals surface area (Å²) in [6.45, 7) is 4.13. The molecule has 0 aromatic carbocycles. The van der Waals surface area contributed by atoms with Crippen LogP contribution >= 0.6 is 11.3 Å². The molecule has 2 nitrogen and oxygen atoms in total. The van der Waals surface area contributed by atoms with E-state index in [1.165, 1.54) is 56.6 Å². The quantitative estimate of drug-likeness (QED) is 0.820. The van der Waals surface area contributed by atoms with Gasteiger partial charge in [-0.15, -0.1) is 11.3 Å². The Balaban J connectivity index is 1.63. The van der Waals surface area contributed by atoms with Crippen molar-refractivity contribution in [1.29, 1.82) is 0 Å². The Morgan fingerprint density at radius 1 is 1.39 bits per heavy atom. The molecule has 3 heteroatoms. The summed E-state index contributed by atoms with van der Waals surface area (Å²) in [4.78, 5) is 4.14. The molecule has 0 aliphatic carbocycles. The van der Waals surface area contributed by atoms with Gasteiger partial charge in [0.1, 0.15) is 0 Å². The van der Waals surface area contributed by atoms with Crippen LogP contribution in [0.1, 0.15) is 37.0 Å². The number of nitrogens with zero attached hydrogens (tertiary/aromatic N) is 1. The number of thiophene rings is 1. The van der Waals surface area contributed by atoms with E-state index < -0.39 is 0 Å². The molecule has 0 bridgehead atoms. The standard InChI is InChI=1S/C15H25NOS/c17-11-3-6-14-5-1-9-16(13-14)10-2-7-15-8-4-12-18-15/h4,8,12,14,17H,1-3,5-7,9-11,13H2/t14-/m0/s1. The maximum Gasteiger partial charge on any atom is 0.0431 e. The van der Waals surface area contributed by atoms with E-state index in [-0.39, 0.29) is 0 Å². The topological polar surface area (TPSA) is 23.5 Å². The molecule has 1 N–H and O–H groups in total. The van der Waals surface area contributed by atoms with Gasteiger partial charge in [0.15, 0.2) is 0 Å². The van der Waals surface area contributed by atoms with Gasteiger partial charge in [0.2, 0.25) is 0 Å². The molecule has 18 heavy (non-hydrogen) atoms. The number of hydrogen-bond acceptors (Lipinski definition) is 3. The largest absolute Gasteiger partial charge is 0.396 e. The lowest BCUT2D eigenvalue weighted by atomic mass is 9.93. The van der Waals surface area contributed by atoms with Crippen molar-refractivity contribution in [2.45, 2.75) is 38.5 Å². The van der Waals surface area contributed by atoms with Crippen molar-refractivity contribution in [3.8, 4) is 0 Å². The summed E-state index contributed by atoms with van der Waals surface area (Å²) in [6.07, 6.45) is 7.41. The van der Waals surface area contributed by atoms with Gasteiger partial charge in [0, 0.05) is 18.0 Å². The zero-order valence-electron chi connectivity index (χ0n) is 11.2. The molecule has 1 aromatic rings. The number of piperidine rings is 1. The summed E-state index contributed by atoms with van der Waals surface area (Å²) < 4.78 is 0. The first-order chi connectivity index (χ1) is 8.88. The molecule has 1 aliphatic rings. The van der Waals surface area contributed by atoms with Crippen molar-refractivity contribution in [2.24, 2.45) is 5.92 Å². The normalized spacial score (nSPS) is 21.3. The lowest BCUT2D eigenvalue weighted by Gasteiger charge is -2.32. The summed E-state index contributed by atoms with van der Waals surface area (Å²) in [6, 6.07) is 4.39. The van der Waals surface area contributed by atoms with Gasteiger partial charge in [0.05, 0.1) is 0 Å². The summed E-state index contributed by atoms with van der Waals surface area (Å²) in [7, 11) is 0. The Labute approximate surface area is 115 Å². The van der Waals surface area contributed by atoms with Gasteiger partial charge in [-0.25, -0.2) is 0 Å². The van der Waals surface area contributed by atoms with Crippen LogP contribution in [-0.4, -0.2) is 36.2 Å². The Morgan fingerprint density at radius 2 is 2.33 bits per heavy atom. The maximum absolute atomic E-state index is 8.90. The van der Waals surface area contributed by atoms with Gasteiger partial charge in [-0.2, -0.15) is 0 Å². The number of likely N-dealkylation sites (tertiary alicyclic amines) is 1. The average Bonchev–Trinajstić information content (AvgIpc) is 2.90. The second kappa shape index (κ2) is 7.93. The molecule has 1 aliphatic heterocycles. The fraction of sp³-hybridized carbons (Fsp3) is 0.733. The van der Waals surface area contributed by atoms with E-state index >= 15 is 0 Å². The molecule has 0 unspecified atom stereocenters. The minimum atomic E-state index is 0.356. The zero-order chi connectivity index (χ0) is 12.6. The molecule has 1 aromatic heterocycles. The lowest BCUT2D eigenvalue weighted by molar-refractivity contribution is 0.158. The summed E-state index contributed by atoms with van der Waals surface area (Å²) >= 11 is 1.87. The number of hydrogen-bond donors (Lipinski definition) is 1. The molecule has 0 amide bonds. The first-order valence-corrected chi connectivity index (χ1v) is 8.12. The third-order valence-electron chi connectivity index (χ3n) is 3.85. The third-order valence-corrected chi connectivity index (χ3v) is 4.79. The van der Waals surface area contributed by atoms with E-state index in [9.17, 15) is 0 Å². The van der Waals surface area contributed by atoms with E-state index in [1.807, 2.05) is 11.3 Å². The minimum absolute atomic E-state index is 0.356. The minimum Gasteiger partial charge on any atom is -0.396 e. The number of aliphatic hydroxyl groups is 1. The van der Waals surface area contributed by atoms with E-state index in [0.29, 0.717) is 6.61 Å². The van der Waals surface area contributed by atoms with Crippen molar-refractivity contribution in [2.75, 3.05) is 26.2 Å². The lowest BCUT2D eigenvalue weighted by Crippen LogP contribution is -2.36. The van der Waals surface area contributed by atoms with Gasteiger partial charge < -0.3 is 10.0 Å². The maximum atomic E-state index is 8.90. The number of aliphatic hydroxyl groups excluding tert-OH is 1. The Kier molecular flexibility index (Phi) is 6.18. The van der Waals surface area contributed by atoms with Gasteiger partial charge in [-0.05, 0) is 69.0 Å². The highest BCUT2D eigenvalue weighted by atomic mass is 32.1. The van der Waals surface area contributed by atoms with Crippen molar-refractivity contribution >= 4 is 11.3 Å². The summed E-state index contributed by atoms with van der Waals surface area (Å²) in [5.41, 5.74) is 0. The molecule has 0 radical (unpaired) electrons. The van der Waals surface area contributed by atoms with E-state index in [1.54, 1.807) is 0 Å². The smallest absolute Gasteiger partial charge is 0.0431 e. The van der Waals surface area contributed by atoms with Crippen molar-refractivity contribution in [3.05, 3.63) is 22.4 Å². The second-order valence-electron chi connectivity index (χ2n) is 5.36. The second-order valence-corrected chi connectivity index (χ2v) is 6.39. The monoisotopic (exact) mass is 267 g/mol. The Morgan fingerprint density at radius 3 is 3.11 bits per heavy atom. The van der Waals surface area contributed by atoms with Crippen LogP contribution in [0.5, 0.6) is 0 Å². The van der Waals surface area contributed by atoms with Crippen LogP contribution in [0.25, 0.3) is 0 Å². The SMILES string of the molecule is OCCC[C@@H]1CCCN(CCCc2cccs2)C1. The van der Waals surface area contributed by atoms with Crippen molar-refractivity contribution < 1.29 is 5.11 Å². The van der Waals surface area contributed by atoms with Gasteiger partial charge in [-0.1, -0.05) is 6.07 Å². The predicted molar refractivity (Wildman–Crippen MR) is 78.1 cm³/mol. The van der Waals surface area contributed by atoms with Crippen molar-refractivity contribution in [1.82, 2.24) is 4.90 Å². The predicted octanol–water partition coefficient (Wildman–Crippen LogP) is 3.17. The molecule has 0 spiro atoms. The molecule has 102 valence electrons. The van der Waals surface area contributed by atoms with Gasteiger partial charge >= 0.3 is 0 Å². The highest BCUT2D eigenvalue weighted by molar-refractivity contribution is 7.09. The summed E-state index contributed by atoms with van der Waals surface area (Å²) in [5.74, 6) is 0.827. The van der Waals surface area contributed by atoms with Gasteiger partial charge in [-0.3, -0.25) is 0 Å². The van der Waals surface area contributed by atoms with Crippen LogP contribution in [-0.2, 0) is 6.42 Å². The van der Waals surface area contributed by atoms with Crippen LogP contribution in [0.15, 0.2) is 17.5 Å². The molecule has 1 saturated heterocycles. The van der Waals surface area contributed by atoms with Crippen LogP contribution in [0.3, 0.4) is 0 Å². The average molecular weight is 267 g/mol. The highest BCUT2D eigenvalue weighted by Crippen LogP contribution is 2.21. The number of aryl methyl sites for hydroxylation is 1. The fourth-order valence-electron chi connectivity index (χ4n) is 2.90. The molecular weight excluding hydrogens is 242 g/mol. The van der Waals surface area contributed by atoms with E-state index in [4.69, 9.17) is 5.11 Å². The van der Waals surface area contributed by atoms with Crippen LogP contribution < -0.4 is 0 Å². The Hall–Kier alpha value is -0.380. The van der Waals surface area contributed by atoms with Gasteiger partial charge in [0.25, 0.3) is 0 Å². The molecule has 0 saturated carbocycles. The molecule has 1 fully saturated rings. The van der Waals surface area contributed by atoms with E-state index in [2.05, 4.69) is 22.4 Å². The molecule has 1 atom stereocenters. The highest BCUT2D eigenvalue weighted by Gasteiger charge is 2.18. The molecule has 2 rings (SSSR count). The third kappa shape index (κ3) is 4.71. The summed E-state index contributed by atoms with van der Waals surface area (Å²) in [5, 5.41) is 11.1. The first kappa shape index (κ1) is 14.0. The van der Waals surface area contributed by atoms with Crippen LogP contribution in [0.4, 0.5) is 0 Å². The van der Waals surface area contributed by atoms with E-state index in [0.717, 1.165) is 12.3 Å². The molecule has 2 heterocycles. The Bertz CT molecular complexity index is 312. The van der Waals surface area contributed by atoms with Crippen molar-refractivity contribution in [3.63, 3.8) is 0 Å². The first-order valence-electron chi connectivity index (χ1n) is 7.24. The number of rotatable bonds is 7. The molecular formula is C15H25NOS. The fourth-order valence-corrected chi connectivity index (χ4v) is 3.65.